The third-order valence-electron chi connectivity index (χ3n) is 0.823. The fourth-order valence-electron chi connectivity index (χ4n) is 0.439. The van der Waals surface area contributed by atoms with Crippen molar-refractivity contribution in [1.29, 1.82) is 0 Å². The lowest BCUT2D eigenvalue weighted by molar-refractivity contribution is 1.24. The Morgan fingerprint density at radius 3 is 2.89 bits per heavy atom. The summed E-state index contributed by atoms with van der Waals surface area (Å²) in [6, 6.07) is 3.69. The Kier molecular flexibility index (Phi) is 2.69. The molecule has 1 rings (SSSR count). The number of hydrogen-bond donors (Lipinski definition) is 1. The second kappa shape index (κ2) is 3.34. The van der Waals surface area contributed by atoms with E-state index in [1.165, 1.54) is 10.8 Å². The van der Waals surface area contributed by atoms with Crippen molar-refractivity contribution in [3.8, 4) is 0 Å². The standard InChI is InChI=1S/C5H4ClNS2/c6-5-4(9-8)2-1-3-7-5/h1-3,8H. The summed E-state index contributed by atoms with van der Waals surface area (Å²) in [5.74, 6) is 0. The maximum absolute atomic E-state index is 5.64. The predicted molar refractivity (Wildman–Crippen MR) is 44.1 cm³/mol. The lowest BCUT2D eigenvalue weighted by Gasteiger charge is -1.93. The molecule has 1 aromatic heterocycles. The number of thiol groups is 1. The molecular weight excluding hydrogens is 174 g/mol. The van der Waals surface area contributed by atoms with Crippen molar-refractivity contribution in [2.75, 3.05) is 0 Å². The highest BCUT2D eigenvalue weighted by Gasteiger charge is 1.95. The van der Waals surface area contributed by atoms with E-state index in [0.717, 1.165) is 4.90 Å². The molecule has 48 valence electrons. The van der Waals surface area contributed by atoms with Crippen LogP contribution in [0.4, 0.5) is 0 Å². The van der Waals surface area contributed by atoms with E-state index in [2.05, 4.69) is 16.6 Å². The van der Waals surface area contributed by atoms with E-state index in [0.29, 0.717) is 5.15 Å². The number of pyridine rings is 1. The highest BCUT2D eigenvalue weighted by molar-refractivity contribution is 8.68. The SMILES string of the molecule is SSc1cccnc1Cl. The van der Waals surface area contributed by atoms with Gasteiger partial charge in [-0.05, 0) is 12.1 Å². The van der Waals surface area contributed by atoms with E-state index < -0.39 is 0 Å². The first-order valence-electron chi connectivity index (χ1n) is 2.26. The molecule has 1 nitrogen and oxygen atoms in total. The van der Waals surface area contributed by atoms with Crippen LogP contribution in [0.25, 0.3) is 0 Å². The Morgan fingerprint density at radius 1 is 1.67 bits per heavy atom. The molecule has 0 atom stereocenters. The quantitative estimate of drug-likeness (QED) is 0.403. The van der Waals surface area contributed by atoms with E-state index in [1.807, 2.05) is 12.1 Å². The zero-order chi connectivity index (χ0) is 6.69. The predicted octanol–water partition coefficient (Wildman–Crippen LogP) is 2.67. The maximum Gasteiger partial charge on any atom is 0.143 e. The Labute approximate surface area is 67.6 Å². The molecule has 0 bridgehead atoms. The van der Waals surface area contributed by atoms with Gasteiger partial charge in [0.25, 0.3) is 0 Å². The van der Waals surface area contributed by atoms with Crippen LogP contribution in [0.15, 0.2) is 23.2 Å². The molecule has 1 aromatic rings. The highest BCUT2D eigenvalue weighted by atomic mass is 35.5. The van der Waals surface area contributed by atoms with Gasteiger partial charge in [0.2, 0.25) is 0 Å². The van der Waals surface area contributed by atoms with Crippen molar-refractivity contribution in [1.82, 2.24) is 4.98 Å². The Morgan fingerprint density at radius 2 is 2.44 bits per heavy atom. The second-order valence-corrected chi connectivity index (χ2v) is 2.91. The number of nitrogens with zero attached hydrogens (tertiary/aromatic N) is 1. The van der Waals surface area contributed by atoms with Gasteiger partial charge in [-0.3, -0.25) is 0 Å². The minimum absolute atomic E-state index is 0.512. The maximum atomic E-state index is 5.64. The van der Waals surface area contributed by atoms with Gasteiger partial charge in [0.1, 0.15) is 5.15 Å². The first-order chi connectivity index (χ1) is 4.34. The smallest absolute Gasteiger partial charge is 0.143 e. The van der Waals surface area contributed by atoms with Crippen molar-refractivity contribution in [2.45, 2.75) is 4.90 Å². The molecule has 4 heteroatoms. The molecule has 0 N–H and O–H groups in total. The third-order valence-corrected chi connectivity index (χ3v) is 2.35. The monoisotopic (exact) mass is 177 g/mol. The van der Waals surface area contributed by atoms with Crippen LogP contribution in [0.5, 0.6) is 0 Å². The van der Waals surface area contributed by atoms with Gasteiger partial charge >= 0.3 is 0 Å². The van der Waals surface area contributed by atoms with Gasteiger partial charge in [-0.25, -0.2) is 4.98 Å². The largest absolute Gasteiger partial charge is 0.243 e. The van der Waals surface area contributed by atoms with E-state index in [-0.39, 0.29) is 0 Å². The number of hydrogen-bond acceptors (Lipinski definition) is 3. The Bertz CT molecular complexity index is 204. The molecule has 0 amide bonds. The fraction of sp³-hybridized carbons (Fsp3) is 0. The van der Waals surface area contributed by atoms with Crippen molar-refractivity contribution in [2.24, 2.45) is 0 Å². The van der Waals surface area contributed by atoms with Crippen LogP contribution in [-0.2, 0) is 0 Å². The average Bonchev–Trinajstić information content (AvgIpc) is 1.89. The minimum atomic E-state index is 0.512. The molecule has 0 aliphatic rings. The number of rotatable bonds is 1. The highest BCUT2D eigenvalue weighted by Crippen LogP contribution is 2.26. The Balaban J connectivity index is 3.01. The molecular formula is C5H4ClNS2. The van der Waals surface area contributed by atoms with Gasteiger partial charge in [0.05, 0.1) is 4.90 Å². The summed E-state index contributed by atoms with van der Waals surface area (Å²) >= 11 is 9.62. The zero-order valence-electron chi connectivity index (χ0n) is 4.41. The summed E-state index contributed by atoms with van der Waals surface area (Å²) in [6.07, 6.45) is 1.65. The molecule has 0 radical (unpaired) electrons. The molecule has 0 spiro atoms. The van der Waals surface area contributed by atoms with Gasteiger partial charge in [-0.15, -0.1) is 11.7 Å². The molecule has 0 aliphatic carbocycles. The van der Waals surface area contributed by atoms with Gasteiger partial charge in [-0.1, -0.05) is 22.4 Å². The summed E-state index contributed by atoms with van der Waals surface area (Å²) in [5, 5.41) is 0.512. The van der Waals surface area contributed by atoms with Gasteiger partial charge in [-0.2, -0.15) is 0 Å². The van der Waals surface area contributed by atoms with Crippen LogP contribution in [0.1, 0.15) is 0 Å². The molecule has 0 aromatic carbocycles. The number of halogens is 1. The second-order valence-electron chi connectivity index (χ2n) is 1.38. The molecule has 0 saturated heterocycles. The molecule has 1 heterocycles. The minimum Gasteiger partial charge on any atom is -0.243 e. The van der Waals surface area contributed by atoms with Crippen LogP contribution in [0.2, 0.25) is 5.15 Å². The van der Waals surface area contributed by atoms with Gasteiger partial charge < -0.3 is 0 Å². The molecule has 0 fully saturated rings. The van der Waals surface area contributed by atoms with E-state index in [1.54, 1.807) is 6.20 Å². The third kappa shape index (κ3) is 1.78. The van der Waals surface area contributed by atoms with Gasteiger partial charge in [0, 0.05) is 6.20 Å². The molecule has 0 aliphatic heterocycles. The summed E-state index contributed by atoms with van der Waals surface area (Å²) in [7, 11) is 1.30. The zero-order valence-corrected chi connectivity index (χ0v) is 6.88. The first kappa shape index (κ1) is 7.25. The van der Waals surface area contributed by atoms with Crippen LogP contribution in [-0.4, -0.2) is 4.98 Å². The lowest BCUT2D eigenvalue weighted by Crippen LogP contribution is -1.73. The molecule has 9 heavy (non-hydrogen) atoms. The Hall–Kier alpha value is 0.140. The van der Waals surface area contributed by atoms with Crippen LogP contribution >= 0.6 is 34.1 Å². The normalized spacial score (nSPS) is 9.56. The van der Waals surface area contributed by atoms with Crippen LogP contribution < -0.4 is 0 Å². The summed E-state index contributed by atoms with van der Waals surface area (Å²) < 4.78 is 0. The van der Waals surface area contributed by atoms with Crippen molar-refractivity contribution >= 4 is 34.1 Å². The van der Waals surface area contributed by atoms with E-state index >= 15 is 0 Å². The molecule has 0 saturated carbocycles. The summed E-state index contributed by atoms with van der Waals surface area (Å²) in [5.41, 5.74) is 0. The summed E-state index contributed by atoms with van der Waals surface area (Å²) in [4.78, 5) is 4.74. The summed E-state index contributed by atoms with van der Waals surface area (Å²) in [6.45, 7) is 0. The van der Waals surface area contributed by atoms with Gasteiger partial charge in [0.15, 0.2) is 0 Å². The molecule has 0 unspecified atom stereocenters. The van der Waals surface area contributed by atoms with Crippen molar-refractivity contribution in [3.05, 3.63) is 23.5 Å². The van der Waals surface area contributed by atoms with E-state index in [9.17, 15) is 0 Å². The van der Waals surface area contributed by atoms with Crippen LogP contribution in [0, 0.1) is 0 Å². The van der Waals surface area contributed by atoms with Crippen LogP contribution in [0.3, 0.4) is 0 Å². The fourth-order valence-corrected chi connectivity index (χ4v) is 1.55. The number of aromatic nitrogens is 1. The topological polar surface area (TPSA) is 12.9 Å². The van der Waals surface area contributed by atoms with E-state index in [4.69, 9.17) is 11.6 Å². The first-order valence-corrected chi connectivity index (χ1v) is 4.51. The van der Waals surface area contributed by atoms with Crippen molar-refractivity contribution in [3.63, 3.8) is 0 Å². The average molecular weight is 178 g/mol. The van der Waals surface area contributed by atoms with Crippen molar-refractivity contribution < 1.29 is 0 Å². The lowest BCUT2D eigenvalue weighted by atomic mass is 10.5.